The standard InChI is InChI=1S/C15H19N3OS.ClH/c1-10(2)8-13(16)14(19)18-12-5-3-4-11(9-12)15-17-6-7-20-15;/h3-7,9-10,13H,8,16H2,1-2H3,(H,18,19);1H/t13-;/m0./s1. The van der Waals surface area contributed by atoms with E-state index in [-0.39, 0.29) is 18.3 Å². The number of nitrogens with zero attached hydrogens (tertiary/aromatic N) is 1. The van der Waals surface area contributed by atoms with E-state index >= 15 is 0 Å². The van der Waals surface area contributed by atoms with Gasteiger partial charge in [0.1, 0.15) is 5.01 Å². The number of nitrogens with two attached hydrogens (primary N) is 1. The van der Waals surface area contributed by atoms with Crippen molar-refractivity contribution in [3.63, 3.8) is 0 Å². The summed E-state index contributed by atoms with van der Waals surface area (Å²) in [7, 11) is 0. The molecule has 1 aromatic carbocycles. The molecule has 0 unspecified atom stereocenters. The van der Waals surface area contributed by atoms with Crippen molar-refractivity contribution in [2.45, 2.75) is 26.3 Å². The third-order valence-corrected chi connectivity index (χ3v) is 3.69. The lowest BCUT2D eigenvalue weighted by Crippen LogP contribution is -2.36. The minimum atomic E-state index is -0.474. The number of nitrogens with one attached hydrogen (secondary N) is 1. The second kappa shape index (κ2) is 8.12. The van der Waals surface area contributed by atoms with Gasteiger partial charge in [0.05, 0.1) is 6.04 Å². The Hall–Kier alpha value is -1.43. The number of carbonyl (C=O) groups excluding carboxylic acids is 1. The van der Waals surface area contributed by atoms with E-state index < -0.39 is 6.04 Å². The summed E-state index contributed by atoms with van der Waals surface area (Å²) in [6.07, 6.45) is 2.45. The molecule has 2 rings (SSSR count). The first-order valence-electron chi connectivity index (χ1n) is 6.62. The van der Waals surface area contributed by atoms with Crippen LogP contribution in [0.15, 0.2) is 35.8 Å². The zero-order valence-corrected chi connectivity index (χ0v) is 13.7. The van der Waals surface area contributed by atoms with E-state index in [4.69, 9.17) is 5.73 Å². The summed E-state index contributed by atoms with van der Waals surface area (Å²) in [6, 6.07) is 7.18. The summed E-state index contributed by atoms with van der Waals surface area (Å²) in [5, 5.41) is 5.73. The molecule has 4 nitrogen and oxygen atoms in total. The molecule has 0 saturated carbocycles. The number of hydrogen-bond donors (Lipinski definition) is 2. The maximum absolute atomic E-state index is 12.0. The van der Waals surface area contributed by atoms with Crippen LogP contribution in [-0.4, -0.2) is 16.9 Å². The summed E-state index contributed by atoms with van der Waals surface area (Å²) in [5.41, 5.74) is 7.62. The number of carbonyl (C=O) groups is 1. The van der Waals surface area contributed by atoms with Gasteiger partial charge in [-0.15, -0.1) is 23.7 Å². The first kappa shape index (κ1) is 17.6. The molecule has 21 heavy (non-hydrogen) atoms. The highest BCUT2D eigenvalue weighted by atomic mass is 35.5. The molecule has 0 aliphatic rings. The Balaban J connectivity index is 0.00000220. The maximum Gasteiger partial charge on any atom is 0.241 e. The normalized spacial score (nSPS) is 11.8. The van der Waals surface area contributed by atoms with Crippen molar-refractivity contribution >= 4 is 35.3 Å². The number of amides is 1. The lowest BCUT2D eigenvalue weighted by Gasteiger charge is -2.14. The van der Waals surface area contributed by atoms with Crippen LogP contribution in [0, 0.1) is 5.92 Å². The van der Waals surface area contributed by atoms with E-state index in [0.29, 0.717) is 12.3 Å². The second-order valence-corrected chi connectivity index (χ2v) is 6.04. The number of halogens is 1. The summed E-state index contributed by atoms with van der Waals surface area (Å²) < 4.78 is 0. The van der Waals surface area contributed by atoms with Crippen molar-refractivity contribution in [2.75, 3.05) is 5.32 Å². The predicted octanol–water partition coefficient (Wildman–Crippen LogP) is 3.54. The molecule has 114 valence electrons. The first-order valence-corrected chi connectivity index (χ1v) is 7.50. The molecule has 6 heteroatoms. The topological polar surface area (TPSA) is 68.0 Å². The number of thiazole rings is 1. The highest BCUT2D eigenvalue weighted by Gasteiger charge is 2.15. The SMILES string of the molecule is CC(C)C[C@H](N)C(=O)Nc1cccc(-c2nccs2)c1.Cl. The Kier molecular flexibility index (Phi) is 6.81. The fourth-order valence-corrected chi connectivity index (χ4v) is 2.58. The van der Waals surface area contributed by atoms with Crippen molar-refractivity contribution in [1.29, 1.82) is 0 Å². The van der Waals surface area contributed by atoms with Crippen LogP contribution in [-0.2, 0) is 4.79 Å². The highest BCUT2D eigenvalue weighted by molar-refractivity contribution is 7.13. The summed E-state index contributed by atoms with van der Waals surface area (Å²) in [4.78, 5) is 16.3. The number of hydrogen-bond acceptors (Lipinski definition) is 4. The van der Waals surface area contributed by atoms with Crippen LogP contribution >= 0.6 is 23.7 Å². The average molecular weight is 326 g/mol. The zero-order chi connectivity index (χ0) is 14.5. The number of benzene rings is 1. The maximum atomic E-state index is 12.0. The van der Waals surface area contributed by atoms with Crippen molar-refractivity contribution in [1.82, 2.24) is 4.98 Å². The van der Waals surface area contributed by atoms with Gasteiger partial charge in [0, 0.05) is 22.8 Å². The molecule has 3 N–H and O–H groups in total. The van der Waals surface area contributed by atoms with Crippen molar-refractivity contribution in [3.05, 3.63) is 35.8 Å². The Bertz CT molecular complexity index is 572. The van der Waals surface area contributed by atoms with E-state index in [2.05, 4.69) is 24.1 Å². The first-order chi connectivity index (χ1) is 9.56. The van der Waals surface area contributed by atoms with Crippen LogP contribution in [0.5, 0.6) is 0 Å². The smallest absolute Gasteiger partial charge is 0.241 e. The van der Waals surface area contributed by atoms with Gasteiger partial charge >= 0.3 is 0 Å². The molecule has 1 aromatic heterocycles. The zero-order valence-electron chi connectivity index (χ0n) is 12.1. The fourth-order valence-electron chi connectivity index (χ4n) is 1.95. The molecule has 2 aromatic rings. The van der Waals surface area contributed by atoms with E-state index in [1.165, 1.54) is 0 Å². The van der Waals surface area contributed by atoms with Gasteiger partial charge in [0.2, 0.25) is 5.91 Å². The average Bonchev–Trinajstić information content (AvgIpc) is 2.92. The largest absolute Gasteiger partial charge is 0.325 e. The minimum absolute atomic E-state index is 0. The lowest BCUT2D eigenvalue weighted by atomic mass is 10.0. The van der Waals surface area contributed by atoms with Crippen LogP contribution in [0.2, 0.25) is 0 Å². The summed E-state index contributed by atoms with van der Waals surface area (Å²) >= 11 is 1.57. The molecule has 0 bridgehead atoms. The minimum Gasteiger partial charge on any atom is -0.325 e. The van der Waals surface area contributed by atoms with Gasteiger partial charge in [-0.2, -0.15) is 0 Å². The number of anilines is 1. The molecule has 0 fully saturated rings. The van der Waals surface area contributed by atoms with Crippen LogP contribution in [0.3, 0.4) is 0 Å². The van der Waals surface area contributed by atoms with E-state index in [1.807, 2.05) is 29.6 Å². The lowest BCUT2D eigenvalue weighted by molar-refractivity contribution is -0.117. The van der Waals surface area contributed by atoms with Gasteiger partial charge in [0.25, 0.3) is 0 Å². The quantitative estimate of drug-likeness (QED) is 0.883. The van der Waals surface area contributed by atoms with Crippen molar-refractivity contribution < 1.29 is 4.79 Å². The molecule has 0 spiro atoms. The highest BCUT2D eigenvalue weighted by Crippen LogP contribution is 2.24. The van der Waals surface area contributed by atoms with Crippen LogP contribution < -0.4 is 11.1 Å². The second-order valence-electron chi connectivity index (χ2n) is 5.14. The molecule has 0 radical (unpaired) electrons. The number of aromatic nitrogens is 1. The van der Waals surface area contributed by atoms with Gasteiger partial charge in [-0.3, -0.25) is 4.79 Å². The Morgan fingerprint density at radius 2 is 2.19 bits per heavy atom. The molecular weight excluding hydrogens is 306 g/mol. The number of rotatable bonds is 5. The predicted molar refractivity (Wildman–Crippen MR) is 90.9 cm³/mol. The summed E-state index contributed by atoms with van der Waals surface area (Å²) in [6.45, 7) is 4.10. The molecule has 1 atom stereocenters. The Morgan fingerprint density at radius 1 is 1.43 bits per heavy atom. The van der Waals surface area contributed by atoms with Crippen LogP contribution in [0.25, 0.3) is 10.6 Å². The van der Waals surface area contributed by atoms with Gasteiger partial charge in [-0.05, 0) is 24.5 Å². The van der Waals surface area contributed by atoms with E-state index in [9.17, 15) is 4.79 Å². The van der Waals surface area contributed by atoms with E-state index in [0.717, 1.165) is 16.3 Å². The molecule has 0 aliphatic heterocycles. The van der Waals surface area contributed by atoms with Crippen LogP contribution in [0.1, 0.15) is 20.3 Å². The molecule has 0 aliphatic carbocycles. The van der Waals surface area contributed by atoms with Crippen molar-refractivity contribution in [2.24, 2.45) is 11.7 Å². The van der Waals surface area contributed by atoms with Crippen molar-refractivity contribution in [3.8, 4) is 10.6 Å². The molecule has 1 heterocycles. The van der Waals surface area contributed by atoms with Gasteiger partial charge in [-0.1, -0.05) is 26.0 Å². The Morgan fingerprint density at radius 3 is 2.81 bits per heavy atom. The van der Waals surface area contributed by atoms with Gasteiger partial charge in [0.15, 0.2) is 0 Å². The molecule has 0 saturated heterocycles. The van der Waals surface area contributed by atoms with Crippen LogP contribution in [0.4, 0.5) is 5.69 Å². The Labute approximate surface area is 135 Å². The third kappa shape index (κ3) is 5.12. The van der Waals surface area contributed by atoms with Gasteiger partial charge < -0.3 is 11.1 Å². The molecular formula is C15H20ClN3OS. The molecule has 1 amide bonds. The monoisotopic (exact) mass is 325 g/mol. The van der Waals surface area contributed by atoms with E-state index in [1.54, 1.807) is 17.5 Å². The summed E-state index contributed by atoms with van der Waals surface area (Å²) in [5.74, 6) is 0.257. The third-order valence-electron chi connectivity index (χ3n) is 2.87. The van der Waals surface area contributed by atoms with Gasteiger partial charge in [-0.25, -0.2) is 4.98 Å². The fraction of sp³-hybridized carbons (Fsp3) is 0.333.